The van der Waals surface area contributed by atoms with E-state index in [4.69, 9.17) is 16.3 Å². The number of rotatable bonds is 3. The summed E-state index contributed by atoms with van der Waals surface area (Å²) in [6, 6.07) is 0.695. The van der Waals surface area contributed by atoms with Crippen LogP contribution in [0.5, 0.6) is 0 Å². The number of amides is 1. The van der Waals surface area contributed by atoms with E-state index in [0.29, 0.717) is 12.3 Å². The van der Waals surface area contributed by atoms with Crippen LogP contribution in [0.25, 0.3) is 0 Å². The lowest BCUT2D eigenvalue weighted by Gasteiger charge is -2.14. The van der Waals surface area contributed by atoms with E-state index in [2.05, 4.69) is 10.1 Å². The van der Waals surface area contributed by atoms with Crippen LogP contribution >= 0.6 is 11.6 Å². The quantitative estimate of drug-likeness (QED) is 0.776. The van der Waals surface area contributed by atoms with Gasteiger partial charge in [0.05, 0.1) is 17.2 Å². The van der Waals surface area contributed by atoms with Gasteiger partial charge in [0.1, 0.15) is 5.57 Å². The summed E-state index contributed by atoms with van der Waals surface area (Å²) in [6.07, 6.45) is -2.49. The Kier molecular flexibility index (Phi) is 5.02. The normalized spacial score (nSPS) is 16.6. The molecule has 1 aliphatic rings. The maximum absolute atomic E-state index is 12.7. The van der Waals surface area contributed by atoms with Crippen LogP contribution in [0, 0.1) is 0 Å². The van der Waals surface area contributed by atoms with Crippen LogP contribution < -0.4 is 5.01 Å². The smallest absolute Gasteiger partial charge is 0.417 e. The molecule has 2 heterocycles. The van der Waals surface area contributed by atoms with Gasteiger partial charge >= 0.3 is 6.18 Å². The van der Waals surface area contributed by atoms with Crippen molar-refractivity contribution in [3.63, 3.8) is 0 Å². The maximum atomic E-state index is 12.7. The molecule has 130 valence electrons. The van der Waals surface area contributed by atoms with Crippen molar-refractivity contribution >= 4 is 29.2 Å². The van der Waals surface area contributed by atoms with Crippen molar-refractivity contribution in [2.24, 2.45) is 5.10 Å². The minimum absolute atomic E-state index is 0.0500. The highest BCUT2D eigenvalue weighted by molar-refractivity contribution is 6.35. The second-order valence-corrected chi connectivity index (χ2v) is 5.40. The first-order chi connectivity index (χ1) is 11.1. The van der Waals surface area contributed by atoms with Crippen molar-refractivity contribution in [1.82, 2.24) is 9.88 Å². The highest BCUT2D eigenvalue weighted by atomic mass is 35.5. The number of carbonyl (C=O) groups is 1. The second-order valence-electron chi connectivity index (χ2n) is 4.99. The Bertz CT molecular complexity index is 716. The number of carbonyl (C=O) groups excluding carboxylic acids is 1. The number of anilines is 1. The van der Waals surface area contributed by atoms with Crippen LogP contribution in [0.4, 0.5) is 19.0 Å². The summed E-state index contributed by atoms with van der Waals surface area (Å²) in [4.78, 5) is 17.7. The van der Waals surface area contributed by atoms with Crippen molar-refractivity contribution in [3.8, 4) is 0 Å². The molecule has 0 fully saturated rings. The molecule has 0 atom stereocenters. The Morgan fingerprint density at radius 2 is 2.08 bits per heavy atom. The summed E-state index contributed by atoms with van der Waals surface area (Å²) >= 11 is 5.86. The highest BCUT2D eigenvalue weighted by Gasteiger charge is 2.37. The number of pyridine rings is 1. The summed E-state index contributed by atoms with van der Waals surface area (Å²) in [5.74, 6) is -0.746. The first-order valence-electron chi connectivity index (χ1n) is 6.82. The van der Waals surface area contributed by atoms with Crippen LogP contribution in [-0.4, -0.2) is 42.4 Å². The van der Waals surface area contributed by atoms with Gasteiger partial charge in [-0.1, -0.05) is 11.6 Å². The zero-order chi connectivity index (χ0) is 18.1. The van der Waals surface area contributed by atoms with Crippen molar-refractivity contribution in [2.75, 3.05) is 25.7 Å². The third kappa shape index (κ3) is 3.61. The van der Waals surface area contributed by atoms with Crippen molar-refractivity contribution in [1.29, 1.82) is 0 Å². The first-order valence-corrected chi connectivity index (χ1v) is 7.20. The second kappa shape index (κ2) is 6.68. The SMILES string of the molecule is CCOC1=NN(c2ncc(C(F)(F)F)cc2Cl)C(=O)/C1=C\N(C)C. The molecule has 0 bridgehead atoms. The average Bonchev–Trinajstić information content (AvgIpc) is 2.75. The minimum atomic E-state index is -4.58. The van der Waals surface area contributed by atoms with Gasteiger partial charge in [-0.3, -0.25) is 4.79 Å². The molecule has 1 amide bonds. The Hall–Kier alpha value is -2.29. The fraction of sp³-hybridized carbons (Fsp3) is 0.357. The van der Waals surface area contributed by atoms with E-state index in [0.717, 1.165) is 5.01 Å². The Balaban J connectivity index is 2.44. The largest absolute Gasteiger partial charge is 0.476 e. The fourth-order valence-corrected chi connectivity index (χ4v) is 2.14. The van der Waals surface area contributed by atoms with Crippen LogP contribution in [0.15, 0.2) is 29.1 Å². The Morgan fingerprint density at radius 1 is 1.42 bits per heavy atom. The zero-order valence-electron chi connectivity index (χ0n) is 13.1. The summed E-state index contributed by atoms with van der Waals surface area (Å²) in [7, 11) is 3.41. The number of ether oxygens (including phenoxy) is 1. The number of halogens is 4. The molecule has 0 aromatic carbocycles. The van der Waals surface area contributed by atoms with Gasteiger partial charge < -0.3 is 9.64 Å². The zero-order valence-corrected chi connectivity index (χ0v) is 13.8. The van der Waals surface area contributed by atoms with E-state index in [-0.39, 0.29) is 28.9 Å². The number of hydrazone groups is 1. The molecule has 10 heteroatoms. The maximum Gasteiger partial charge on any atom is 0.417 e. The van der Waals surface area contributed by atoms with Gasteiger partial charge in [-0.15, -0.1) is 5.10 Å². The van der Waals surface area contributed by atoms with Gasteiger partial charge in [0, 0.05) is 26.5 Å². The molecule has 0 saturated carbocycles. The Labute approximate surface area is 141 Å². The monoisotopic (exact) mass is 362 g/mol. The van der Waals surface area contributed by atoms with E-state index >= 15 is 0 Å². The number of hydrogen-bond acceptors (Lipinski definition) is 5. The van der Waals surface area contributed by atoms with Crippen LogP contribution in [0.3, 0.4) is 0 Å². The van der Waals surface area contributed by atoms with Gasteiger partial charge in [0.15, 0.2) is 5.82 Å². The van der Waals surface area contributed by atoms with Gasteiger partial charge in [-0.2, -0.15) is 18.2 Å². The molecule has 6 nitrogen and oxygen atoms in total. The standard InChI is InChI=1S/C14H14ClF3N4O2/c1-4-24-12-9(7-21(2)3)13(23)22(20-12)11-10(15)5-8(6-19-11)14(16,17)18/h5-7H,4H2,1-3H3/b9-7-. The lowest BCUT2D eigenvalue weighted by atomic mass is 10.2. The fourth-order valence-electron chi connectivity index (χ4n) is 1.89. The molecule has 24 heavy (non-hydrogen) atoms. The molecular weight excluding hydrogens is 349 g/mol. The number of alkyl halides is 3. The molecule has 0 spiro atoms. The lowest BCUT2D eigenvalue weighted by molar-refractivity contribution is -0.137. The lowest BCUT2D eigenvalue weighted by Crippen LogP contribution is -2.24. The first kappa shape index (κ1) is 18.1. The Morgan fingerprint density at radius 3 is 2.58 bits per heavy atom. The molecule has 2 rings (SSSR count). The number of hydrogen-bond donors (Lipinski definition) is 0. The molecule has 1 aromatic heterocycles. The molecule has 0 N–H and O–H groups in total. The van der Waals surface area contributed by atoms with Crippen LogP contribution in [0.1, 0.15) is 12.5 Å². The third-order valence-electron chi connectivity index (χ3n) is 2.86. The molecule has 1 aliphatic heterocycles. The highest BCUT2D eigenvalue weighted by Crippen LogP contribution is 2.35. The van der Waals surface area contributed by atoms with E-state index in [1.807, 2.05) is 0 Å². The van der Waals surface area contributed by atoms with E-state index in [1.54, 1.807) is 25.9 Å². The van der Waals surface area contributed by atoms with E-state index in [1.165, 1.54) is 6.20 Å². The molecule has 0 radical (unpaired) electrons. The van der Waals surface area contributed by atoms with Crippen LogP contribution in [0.2, 0.25) is 5.02 Å². The summed E-state index contributed by atoms with van der Waals surface area (Å²) in [6.45, 7) is 1.98. The van der Waals surface area contributed by atoms with E-state index in [9.17, 15) is 18.0 Å². The van der Waals surface area contributed by atoms with Gasteiger partial charge in [-0.05, 0) is 13.0 Å². The van der Waals surface area contributed by atoms with Crippen molar-refractivity contribution in [2.45, 2.75) is 13.1 Å². The van der Waals surface area contributed by atoms with E-state index < -0.39 is 17.6 Å². The number of aromatic nitrogens is 1. The van der Waals surface area contributed by atoms with Gasteiger partial charge in [0.2, 0.25) is 5.90 Å². The summed E-state index contributed by atoms with van der Waals surface area (Å²) in [5, 5.41) is 4.45. The van der Waals surface area contributed by atoms with Gasteiger partial charge in [0.25, 0.3) is 5.91 Å². The molecule has 0 unspecified atom stereocenters. The van der Waals surface area contributed by atoms with Gasteiger partial charge in [-0.25, -0.2) is 4.98 Å². The van der Waals surface area contributed by atoms with Crippen molar-refractivity contribution < 1.29 is 22.7 Å². The summed E-state index contributed by atoms with van der Waals surface area (Å²) in [5.41, 5.74) is -0.861. The third-order valence-corrected chi connectivity index (χ3v) is 3.14. The molecule has 1 aromatic rings. The predicted molar refractivity (Wildman–Crippen MR) is 82.6 cm³/mol. The van der Waals surface area contributed by atoms with Crippen molar-refractivity contribution in [3.05, 3.63) is 34.6 Å². The topological polar surface area (TPSA) is 58.0 Å². The minimum Gasteiger partial charge on any atom is -0.476 e. The molecule has 0 aliphatic carbocycles. The number of nitrogens with zero attached hydrogens (tertiary/aromatic N) is 4. The van der Waals surface area contributed by atoms with Crippen LogP contribution in [-0.2, 0) is 15.7 Å². The average molecular weight is 363 g/mol. The molecular formula is C14H14ClF3N4O2. The molecule has 0 saturated heterocycles. The summed E-state index contributed by atoms with van der Waals surface area (Å²) < 4.78 is 43.3. The predicted octanol–water partition coefficient (Wildman–Crippen LogP) is 2.90.